The van der Waals surface area contributed by atoms with Crippen LogP contribution in [0.3, 0.4) is 0 Å². The van der Waals surface area contributed by atoms with Gasteiger partial charge in [-0.05, 0) is 37.3 Å². The molecular formula is C26H20N4O2. The quantitative estimate of drug-likeness (QED) is 0.307. The van der Waals surface area contributed by atoms with Crippen LogP contribution in [0.1, 0.15) is 21.7 Å². The Hall–Kier alpha value is -4.45. The maximum absolute atomic E-state index is 12.5. The number of hydrogen-bond donors (Lipinski definition) is 1. The predicted octanol–water partition coefficient (Wildman–Crippen LogP) is 5.36. The van der Waals surface area contributed by atoms with Crippen LogP contribution in [0.2, 0.25) is 0 Å². The van der Waals surface area contributed by atoms with Crippen molar-refractivity contribution in [2.24, 2.45) is 5.10 Å². The molecule has 0 atom stereocenters. The first-order valence-electron chi connectivity index (χ1n) is 10.2. The summed E-state index contributed by atoms with van der Waals surface area (Å²) in [6.45, 7) is 2.04. The second kappa shape index (κ2) is 8.35. The van der Waals surface area contributed by atoms with Crippen molar-refractivity contribution in [1.82, 2.24) is 15.2 Å². The summed E-state index contributed by atoms with van der Waals surface area (Å²) in [7, 11) is 0. The summed E-state index contributed by atoms with van der Waals surface area (Å²) in [5.41, 5.74) is 7.82. The molecule has 0 fully saturated rings. The molecule has 0 bridgehead atoms. The number of hydrazone groups is 1. The van der Waals surface area contributed by atoms with Gasteiger partial charge in [0.2, 0.25) is 0 Å². The fraction of sp³-hybridized carbons (Fsp3) is 0.0385. The van der Waals surface area contributed by atoms with Crippen LogP contribution in [0.4, 0.5) is 0 Å². The smallest absolute Gasteiger partial charge is 0.307 e. The van der Waals surface area contributed by atoms with Crippen LogP contribution in [0, 0.1) is 6.92 Å². The summed E-state index contributed by atoms with van der Waals surface area (Å²) in [5.74, 6) is -0.202. The lowest BCUT2D eigenvalue weighted by Crippen LogP contribution is -2.16. The number of carbonyl (C=O) groups is 1. The van der Waals surface area contributed by atoms with Crippen LogP contribution in [0.15, 0.2) is 101 Å². The van der Waals surface area contributed by atoms with Gasteiger partial charge in [-0.3, -0.25) is 4.79 Å². The van der Waals surface area contributed by atoms with E-state index in [1.807, 2.05) is 85.9 Å². The van der Waals surface area contributed by atoms with Gasteiger partial charge in [-0.15, -0.1) is 0 Å². The summed E-state index contributed by atoms with van der Waals surface area (Å²) < 4.78 is 7.40. The molecule has 32 heavy (non-hydrogen) atoms. The first kappa shape index (κ1) is 19.5. The minimum absolute atomic E-state index is 0.210. The second-order valence-electron chi connectivity index (χ2n) is 7.43. The van der Waals surface area contributed by atoms with Gasteiger partial charge in [-0.2, -0.15) is 10.2 Å². The van der Waals surface area contributed by atoms with Crippen molar-refractivity contribution in [3.8, 4) is 16.9 Å². The zero-order valence-electron chi connectivity index (χ0n) is 17.4. The molecule has 5 aromatic rings. The molecule has 0 spiro atoms. The van der Waals surface area contributed by atoms with Gasteiger partial charge in [0.25, 0.3) is 0 Å². The molecule has 0 aliphatic heterocycles. The predicted molar refractivity (Wildman–Crippen MR) is 125 cm³/mol. The van der Waals surface area contributed by atoms with E-state index >= 15 is 0 Å². The maximum atomic E-state index is 12.5. The molecule has 5 rings (SSSR count). The first-order valence-corrected chi connectivity index (χ1v) is 10.2. The summed E-state index contributed by atoms with van der Waals surface area (Å²) in [6.07, 6.45) is 3.49. The number of furan rings is 1. The molecule has 2 aromatic heterocycles. The molecule has 0 radical (unpaired) electrons. The standard InChI is InChI=1S/C26H20N4O2/c1-18-8-7-10-20(14-18)25-21(17-30(29-25)22-11-3-2-4-12-22)16-27-28-26(31)24-15-19-9-5-6-13-23(19)32-24/h2-17H,1H3,(H,28,31). The van der Waals surface area contributed by atoms with Gasteiger partial charge >= 0.3 is 5.91 Å². The van der Waals surface area contributed by atoms with Crippen molar-refractivity contribution in [3.63, 3.8) is 0 Å². The molecule has 6 nitrogen and oxygen atoms in total. The van der Waals surface area contributed by atoms with Crippen LogP contribution < -0.4 is 5.43 Å². The Kier molecular flexibility index (Phi) is 5.09. The largest absolute Gasteiger partial charge is 0.451 e. The molecule has 0 saturated heterocycles. The van der Waals surface area contributed by atoms with Crippen molar-refractivity contribution in [2.75, 3.05) is 0 Å². The number of benzene rings is 3. The number of aromatic nitrogens is 2. The van der Waals surface area contributed by atoms with Crippen LogP contribution in [0.5, 0.6) is 0 Å². The van der Waals surface area contributed by atoms with Crippen molar-refractivity contribution in [1.29, 1.82) is 0 Å². The third-order valence-corrected chi connectivity index (χ3v) is 5.07. The Balaban J connectivity index is 1.44. The number of aryl methyl sites for hydroxylation is 1. The number of rotatable bonds is 5. The molecular weight excluding hydrogens is 400 g/mol. The number of fused-ring (bicyclic) bond motifs is 1. The van der Waals surface area contributed by atoms with Crippen molar-refractivity contribution in [3.05, 3.63) is 108 Å². The van der Waals surface area contributed by atoms with Crippen LogP contribution >= 0.6 is 0 Å². The highest BCUT2D eigenvalue weighted by atomic mass is 16.3. The monoisotopic (exact) mass is 420 g/mol. The molecule has 2 heterocycles. The highest BCUT2D eigenvalue weighted by Crippen LogP contribution is 2.24. The molecule has 6 heteroatoms. The van der Waals surface area contributed by atoms with E-state index in [4.69, 9.17) is 9.52 Å². The van der Waals surface area contributed by atoms with Crippen molar-refractivity contribution >= 4 is 23.1 Å². The zero-order valence-corrected chi connectivity index (χ0v) is 17.4. The second-order valence-corrected chi connectivity index (χ2v) is 7.43. The maximum Gasteiger partial charge on any atom is 0.307 e. The fourth-order valence-corrected chi connectivity index (χ4v) is 3.52. The van der Waals surface area contributed by atoms with Gasteiger partial charge in [-0.25, -0.2) is 10.1 Å². The van der Waals surface area contributed by atoms with E-state index in [1.54, 1.807) is 17.0 Å². The average molecular weight is 420 g/mol. The van der Waals surface area contributed by atoms with Gasteiger partial charge in [-0.1, -0.05) is 60.2 Å². The third-order valence-electron chi connectivity index (χ3n) is 5.07. The fourth-order valence-electron chi connectivity index (χ4n) is 3.52. The Morgan fingerprint density at radius 2 is 1.81 bits per heavy atom. The van der Waals surface area contributed by atoms with Crippen LogP contribution in [-0.2, 0) is 0 Å². The van der Waals surface area contributed by atoms with Crippen LogP contribution in [-0.4, -0.2) is 21.9 Å². The lowest BCUT2D eigenvalue weighted by atomic mass is 10.1. The SMILES string of the molecule is Cc1cccc(-c2nn(-c3ccccc3)cc2C=NNC(=O)c2cc3ccccc3o2)c1. The summed E-state index contributed by atoms with van der Waals surface area (Å²) in [6, 6.07) is 27.1. The summed E-state index contributed by atoms with van der Waals surface area (Å²) in [5, 5.41) is 9.80. The highest BCUT2D eigenvalue weighted by Gasteiger charge is 2.13. The molecule has 0 saturated carbocycles. The first-order chi connectivity index (χ1) is 15.7. The van der Waals surface area contributed by atoms with Crippen LogP contribution in [0.25, 0.3) is 27.9 Å². The van der Waals surface area contributed by atoms with E-state index in [1.165, 1.54) is 0 Å². The molecule has 1 N–H and O–H groups in total. The Morgan fingerprint density at radius 3 is 2.62 bits per heavy atom. The zero-order chi connectivity index (χ0) is 21.9. The van der Waals surface area contributed by atoms with E-state index in [-0.39, 0.29) is 5.76 Å². The van der Waals surface area contributed by atoms with E-state index in [0.717, 1.165) is 33.5 Å². The molecule has 1 amide bonds. The third kappa shape index (κ3) is 3.94. The van der Waals surface area contributed by atoms with Gasteiger partial charge < -0.3 is 4.42 Å². The number of nitrogens with one attached hydrogen (secondary N) is 1. The number of carbonyl (C=O) groups excluding carboxylic acids is 1. The molecule has 0 aliphatic rings. The van der Waals surface area contributed by atoms with Crippen molar-refractivity contribution in [2.45, 2.75) is 6.92 Å². The molecule has 0 aliphatic carbocycles. The molecule has 156 valence electrons. The Bertz CT molecular complexity index is 1400. The average Bonchev–Trinajstić information content (AvgIpc) is 3.44. The Labute approximate surface area is 184 Å². The Morgan fingerprint density at radius 1 is 1.00 bits per heavy atom. The number of amides is 1. The number of nitrogens with zero attached hydrogens (tertiary/aromatic N) is 3. The minimum Gasteiger partial charge on any atom is -0.451 e. The van der Waals surface area contributed by atoms with Crippen molar-refractivity contribution < 1.29 is 9.21 Å². The highest BCUT2D eigenvalue weighted by molar-refractivity contribution is 5.97. The van der Waals surface area contributed by atoms with E-state index < -0.39 is 5.91 Å². The van der Waals surface area contributed by atoms with E-state index in [0.29, 0.717) is 5.58 Å². The minimum atomic E-state index is -0.412. The topological polar surface area (TPSA) is 72.4 Å². The normalized spacial score (nSPS) is 11.3. The number of hydrogen-bond acceptors (Lipinski definition) is 4. The van der Waals surface area contributed by atoms with E-state index in [2.05, 4.69) is 16.6 Å². The van der Waals surface area contributed by atoms with Gasteiger partial charge in [0.15, 0.2) is 5.76 Å². The lowest BCUT2D eigenvalue weighted by molar-refractivity contribution is 0.0929. The molecule has 3 aromatic carbocycles. The van der Waals surface area contributed by atoms with Gasteiger partial charge in [0.05, 0.1) is 11.9 Å². The lowest BCUT2D eigenvalue weighted by Gasteiger charge is -2.01. The summed E-state index contributed by atoms with van der Waals surface area (Å²) >= 11 is 0. The number of para-hydroxylation sites is 2. The van der Waals surface area contributed by atoms with Gasteiger partial charge in [0, 0.05) is 22.7 Å². The van der Waals surface area contributed by atoms with E-state index in [9.17, 15) is 4.79 Å². The summed E-state index contributed by atoms with van der Waals surface area (Å²) in [4.78, 5) is 12.5. The van der Waals surface area contributed by atoms with Gasteiger partial charge in [0.1, 0.15) is 11.3 Å². The molecule has 0 unspecified atom stereocenters.